The quantitative estimate of drug-likeness (QED) is 0.0213. The van der Waals surface area contributed by atoms with Gasteiger partial charge in [0.15, 0.2) is 0 Å². The van der Waals surface area contributed by atoms with E-state index in [-0.39, 0.29) is 97.0 Å². The molecule has 9 aromatic rings. The number of aliphatic carboxylic acids is 1. The van der Waals surface area contributed by atoms with Crippen molar-refractivity contribution in [3.63, 3.8) is 0 Å². The molecule has 1 amide bonds. The van der Waals surface area contributed by atoms with E-state index in [2.05, 4.69) is 345 Å². The van der Waals surface area contributed by atoms with Gasteiger partial charge in [0, 0.05) is 11.3 Å². The van der Waals surface area contributed by atoms with Crippen LogP contribution in [0.25, 0.3) is 0 Å². The molecule has 0 radical (unpaired) electrons. The van der Waals surface area contributed by atoms with Crippen molar-refractivity contribution in [2.75, 3.05) is 159 Å². The molecule has 0 aliphatic carbocycles. The molecule has 9 rings (SSSR count). The molecular weight excluding hydrogens is 1690 g/mol. The van der Waals surface area contributed by atoms with Crippen LogP contribution >= 0.6 is 14.5 Å². The highest BCUT2D eigenvalue weighted by molar-refractivity contribution is 7.95. The first-order chi connectivity index (χ1) is 54.7. The Morgan fingerprint density at radius 2 is 0.692 bits per heavy atom. The van der Waals surface area contributed by atoms with Crippen LogP contribution in [0, 0.1) is 13.8 Å². The third kappa shape index (κ3) is 47.7. The summed E-state index contributed by atoms with van der Waals surface area (Å²) in [6.45, 7) is 38.4. The number of nitrogens with one attached hydrogen (secondary N) is 1. The Bertz CT molecular complexity index is 3630. The summed E-state index contributed by atoms with van der Waals surface area (Å²) in [6.07, 6.45) is 12.1. The number of quaternary nitrogens is 4. The number of carboxylic acids is 1. The number of benzene rings is 9. The topological polar surface area (TPSA) is 156 Å². The number of halogens is 6. The Morgan fingerprint density at radius 1 is 0.408 bits per heavy atom. The average Bonchev–Trinajstić information content (AvgIpc) is 0.750. The van der Waals surface area contributed by atoms with Gasteiger partial charge in [-0.3, -0.25) is 14.5 Å². The van der Waals surface area contributed by atoms with Crippen LogP contribution < -0.4 is 114 Å². The average molecular weight is 1840 g/mol. The number of likely N-dealkylation sites (N-methyl/N-ethyl adjacent to an activating group) is 4. The zero-order valence-electron chi connectivity index (χ0n) is 75.8. The number of anilines is 1. The molecule has 7 N–H and O–H groups in total. The minimum Gasteiger partial charge on any atom is -1.00 e. The number of para-hydroxylation sites is 1. The van der Waals surface area contributed by atoms with Crippen molar-refractivity contribution in [2.45, 2.75) is 133 Å². The maximum Gasteiger partial charge on any atom is 0.317 e. The number of aliphatic hydroxyl groups is 3. The first-order valence-corrected chi connectivity index (χ1v) is 46.2. The van der Waals surface area contributed by atoms with E-state index in [0.29, 0.717) is 13.2 Å². The molecule has 0 unspecified atom stereocenters. The number of aryl methyl sites for hydroxylation is 2. The van der Waals surface area contributed by atoms with Crippen molar-refractivity contribution in [1.29, 1.82) is 0 Å². The molecule has 672 valence electrons. The molecule has 0 saturated carbocycles. The minimum atomic E-state index is -1.78. The second-order valence-corrected chi connectivity index (χ2v) is 38.5. The number of carboxylic acid groups (broad SMARTS) is 1. The van der Waals surface area contributed by atoms with Crippen LogP contribution in [0.3, 0.4) is 0 Å². The number of rotatable bonds is 36. The first kappa shape index (κ1) is 123. The van der Waals surface area contributed by atoms with Crippen LogP contribution in [0.2, 0.25) is 0 Å². The zero-order chi connectivity index (χ0) is 84.6. The van der Waals surface area contributed by atoms with Crippen molar-refractivity contribution >= 4 is 63.9 Å². The fraction of sp³-hybridized carbons (Fsp3) is 0.434. The molecule has 9 aromatic carbocycles. The summed E-state index contributed by atoms with van der Waals surface area (Å²) in [5.41, 5.74) is 10.4. The number of amides is 1. The monoisotopic (exact) mass is 1840 g/mol. The van der Waals surface area contributed by atoms with Gasteiger partial charge in [0.05, 0.1) is 127 Å². The smallest absolute Gasteiger partial charge is 0.317 e. The van der Waals surface area contributed by atoms with Gasteiger partial charge in [0.2, 0.25) is 5.91 Å². The van der Waals surface area contributed by atoms with Gasteiger partial charge in [-0.1, -0.05) is 255 Å². The number of hydrogen-bond donors (Lipinski definition) is 6. The Balaban J connectivity index is -0.000000433. The largest absolute Gasteiger partial charge is 1.00 e. The highest BCUT2D eigenvalue weighted by Crippen LogP contribution is 2.58. The summed E-state index contributed by atoms with van der Waals surface area (Å²) in [5.74, 6) is -0.906. The van der Waals surface area contributed by atoms with Gasteiger partial charge in [-0.05, 0) is 156 Å². The van der Waals surface area contributed by atoms with Crippen LogP contribution in [0.1, 0.15) is 129 Å². The number of nitrogens with zero attached hydrogens (tertiary/aromatic N) is 5. The molecule has 0 aliphatic heterocycles. The molecule has 0 aliphatic rings. The summed E-state index contributed by atoms with van der Waals surface area (Å²) < 4.78 is 4.08. The Kier molecular flexibility index (Phi) is 71.8. The zero-order valence-corrected chi connectivity index (χ0v) is 82.2. The molecule has 0 spiro atoms. The molecule has 0 aromatic heterocycles. The summed E-state index contributed by atoms with van der Waals surface area (Å²) in [4.78, 5) is 23.2. The number of aliphatic hydroxyl groups excluding tert-OH is 3. The lowest BCUT2D eigenvalue weighted by molar-refractivity contribution is -0.929. The van der Waals surface area contributed by atoms with Crippen LogP contribution in [0.5, 0.6) is 0 Å². The third-order valence-electron chi connectivity index (χ3n) is 20.9. The first-order valence-electron chi connectivity index (χ1n) is 42.0. The lowest BCUT2D eigenvalue weighted by Gasteiger charge is -2.39. The lowest BCUT2D eigenvalue weighted by Crippen LogP contribution is -3.00. The number of carbonyl (C=O) groups excluding carboxylic acids is 1. The normalized spacial score (nSPS) is 10.7. The van der Waals surface area contributed by atoms with Crippen LogP contribution in [-0.2, 0) is 22.3 Å². The Morgan fingerprint density at radius 3 is 0.933 bits per heavy atom. The Labute approximate surface area is 763 Å². The van der Waals surface area contributed by atoms with Crippen molar-refractivity contribution in [2.24, 2.45) is 5.73 Å². The van der Waals surface area contributed by atoms with E-state index in [1.807, 2.05) is 50.2 Å². The number of hydrogen-bond acceptors (Lipinski definition) is 7. The van der Waals surface area contributed by atoms with E-state index in [4.69, 9.17) is 20.4 Å². The van der Waals surface area contributed by atoms with Crippen molar-refractivity contribution < 1.29 is 119 Å². The molecular formula is C99H153BrCl4FN7O6P2. The fourth-order valence-electron chi connectivity index (χ4n) is 13.2. The van der Waals surface area contributed by atoms with E-state index in [9.17, 15) is 9.59 Å². The summed E-state index contributed by atoms with van der Waals surface area (Å²) in [6, 6.07) is 93.1. The third-order valence-corrected chi connectivity index (χ3v) is 29.3. The number of nitrogens with two attached hydrogens (primary N) is 1. The van der Waals surface area contributed by atoms with E-state index in [1.54, 1.807) is 0 Å². The molecule has 0 heterocycles. The standard InChI is InChI=1S/C25H22P.C19H18P.C16H36N.C14H22N2O.C11H18NO.C7H18NO.C5H14NO.C2H5NO2.BrH.4ClH.FH/c1-5-13-22(14-6-1)21-26(23-15-7-2-8-16-23,24-17-9-3-10-18-24)25-19-11-4-12-20-25;1-20(17-11-5-2-6-12-17,18-13-7-3-8-14-18)19-15-9-4-10-16-19;1-5-9-13-17(14-10-6-2,15-11-7-3)16-12-8-4;1-5-16(6-2)10-13(17)15-14-11(3)8-7-9-12(14)4;1-12(2,8-9-13)10-11-6-4-3-5-7-11;1-4-8(3,5-2)6-7-9;1-6(2,3)4-5-7;3-1-2(4)5;;;;;;/h1-20H,21H2;2-16H,1H3;5-16H2,1-4H3;7-9H,5-6,10H2,1-4H3,(H,15,17);3-7,13H,8-10H2,1-2H3;9H,4-7H2,1-3H3;7H,4-5H2,1-3H3;1,3H2,(H,4,5);6*1H/q3*+1;;3*+1;;;;;;;/p-6. The van der Waals surface area contributed by atoms with Crippen molar-refractivity contribution in [1.82, 2.24) is 4.90 Å². The Hall–Kier alpha value is -6.01. The van der Waals surface area contributed by atoms with Crippen molar-refractivity contribution in [3.05, 3.63) is 283 Å². The fourth-order valence-corrected chi connectivity index (χ4v) is 20.7. The molecule has 21 heteroatoms. The summed E-state index contributed by atoms with van der Waals surface area (Å²) in [5, 5.41) is 45.1. The maximum absolute atomic E-state index is 11.9. The van der Waals surface area contributed by atoms with Gasteiger partial charge in [-0.2, -0.15) is 0 Å². The van der Waals surface area contributed by atoms with Gasteiger partial charge in [0.25, 0.3) is 0 Å². The molecule has 0 saturated heterocycles. The SMILES string of the molecule is CCCC[N+](CCCC)(CCCC)CCCC.CCN(CC)CC(=O)Nc1c(C)cccc1C.CC[N+](C)(CC)CCO.C[N+](C)(C)CCO.C[N+](C)(CCO)Cc1ccccc1.C[P+](c1ccccc1)(c1ccccc1)c1ccccc1.NCC(=O)O.[Br-].[Cl-].[Cl-].[Cl-].[Cl-].[F-].c1ccc(C[P+](c2ccccc2)(c2ccccc2)c2ccccc2)cc1. The highest BCUT2D eigenvalue weighted by atomic mass is 79.9. The molecule has 120 heavy (non-hydrogen) atoms. The summed E-state index contributed by atoms with van der Waals surface area (Å²) >= 11 is 0. The lowest BCUT2D eigenvalue weighted by atomic mass is 10.1. The molecule has 0 bridgehead atoms. The number of unbranched alkanes of at least 4 members (excludes halogenated alkanes) is 4. The highest BCUT2D eigenvalue weighted by Gasteiger charge is 2.45. The van der Waals surface area contributed by atoms with Gasteiger partial charge < -0.3 is 121 Å². The molecule has 13 nitrogen and oxygen atoms in total. The van der Waals surface area contributed by atoms with E-state index in [1.165, 1.54) is 125 Å². The van der Waals surface area contributed by atoms with Crippen LogP contribution in [0.15, 0.2) is 261 Å². The molecule has 0 fully saturated rings. The van der Waals surface area contributed by atoms with Crippen LogP contribution in [-0.4, -0.2) is 209 Å². The van der Waals surface area contributed by atoms with Gasteiger partial charge in [0.1, 0.15) is 72.5 Å². The van der Waals surface area contributed by atoms with Gasteiger partial charge in [-0.25, -0.2) is 0 Å². The van der Waals surface area contributed by atoms with Gasteiger partial charge in [-0.15, -0.1) is 0 Å². The second kappa shape index (κ2) is 70.3. The van der Waals surface area contributed by atoms with Gasteiger partial charge >= 0.3 is 5.97 Å². The molecule has 0 atom stereocenters. The minimum absolute atomic E-state index is 0. The number of carbonyl (C=O) groups is 2. The summed E-state index contributed by atoms with van der Waals surface area (Å²) in [7, 11) is 9.27. The van der Waals surface area contributed by atoms with E-state index in [0.717, 1.165) is 88.8 Å². The van der Waals surface area contributed by atoms with E-state index < -0.39 is 20.5 Å². The predicted molar refractivity (Wildman–Crippen MR) is 498 cm³/mol. The van der Waals surface area contributed by atoms with Crippen LogP contribution in [0.4, 0.5) is 5.69 Å². The second-order valence-electron chi connectivity index (χ2n) is 31.5. The van der Waals surface area contributed by atoms with Crippen molar-refractivity contribution in [3.8, 4) is 0 Å². The predicted octanol–water partition coefficient (Wildman–Crippen LogP) is -1.16. The van der Waals surface area contributed by atoms with E-state index >= 15 is 0 Å². The maximum atomic E-state index is 11.9.